The van der Waals surface area contributed by atoms with Crippen molar-refractivity contribution in [3.8, 4) is 0 Å². The molecule has 0 saturated heterocycles. The van der Waals surface area contributed by atoms with Gasteiger partial charge in [-0.3, -0.25) is 0 Å². The molecule has 2 atom stereocenters. The molecule has 2 aliphatic carbocycles. The molecule has 33 heavy (non-hydrogen) atoms. The molecule has 0 aliphatic heterocycles. The van der Waals surface area contributed by atoms with Crippen molar-refractivity contribution in [2.45, 2.75) is 49.4 Å². The zero-order valence-electron chi connectivity index (χ0n) is 17.9. The summed E-state index contributed by atoms with van der Waals surface area (Å²) in [5.74, 6) is -0.217. The first-order chi connectivity index (χ1) is 15.9. The summed E-state index contributed by atoms with van der Waals surface area (Å²) in [5, 5.41) is 4.15. The number of hydrogen-bond donors (Lipinski definition) is 1. The summed E-state index contributed by atoms with van der Waals surface area (Å²) < 4.78 is 37.0. The molecule has 1 saturated carbocycles. The summed E-state index contributed by atoms with van der Waals surface area (Å²) in [7, 11) is -4.23. The van der Waals surface area contributed by atoms with E-state index >= 15 is 0 Å². The van der Waals surface area contributed by atoms with E-state index in [0.29, 0.717) is 30.7 Å². The number of fused-ring (bicyclic) bond motifs is 1. The van der Waals surface area contributed by atoms with Crippen LogP contribution < -0.4 is 5.76 Å². The number of nitrogens with zero attached hydrogens (tertiary/aromatic N) is 1. The standard InChI is InChI=1S/C24H24N2O6S/c27-22-26-25-21(32-22)24(10-11-24)14-17-12-18-8-4-5-9-19(18)20(13-17)33(29,30)23(28)31-15-16-6-2-1-3-7-16/h1-9,17,20H,10-15H2,(H,26,27)/t17-,20?/m1/s1. The van der Waals surface area contributed by atoms with Crippen molar-refractivity contribution in [2.75, 3.05) is 0 Å². The number of hydrogen-bond acceptors (Lipinski definition) is 7. The Kier molecular flexibility index (Phi) is 5.44. The molecule has 2 aromatic carbocycles. The number of nitrogens with one attached hydrogen (secondary N) is 1. The summed E-state index contributed by atoms with van der Waals surface area (Å²) in [6, 6.07) is 16.3. The first-order valence-electron chi connectivity index (χ1n) is 11.0. The molecule has 1 aromatic heterocycles. The quantitative estimate of drug-likeness (QED) is 0.546. The van der Waals surface area contributed by atoms with Crippen LogP contribution in [0.5, 0.6) is 0 Å². The van der Waals surface area contributed by atoms with E-state index in [4.69, 9.17) is 9.15 Å². The summed E-state index contributed by atoms with van der Waals surface area (Å²) in [6.07, 6.45) is 3.29. The average molecular weight is 469 g/mol. The van der Waals surface area contributed by atoms with Crippen molar-refractivity contribution in [1.82, 2.24) is 10.2 Å². The Bertz CT molecular complexity index is 1320. The Morgan fingerprint density at radius 2 is 1.85 bits per heavy atom. The molecule has 1 N–H and O–H groups in total. The van der Waals surface area contributed by atoms with E-state index in [9.17, 15) is 18.0 Å². The van der Waals surface area contributed by atoms with Crippen LogP contribution in [0.1, 0.15) is 53.5 Å². The van der Waals surface area contributed by atoms with Gasteiger partial charge in [-0.15, -0.1) is 5.10 Å². The predicted octanol–water partition coefficient (Wildman–Crippen LogP) is 3.84. The molecule has 0 amide bonds. The van der Waals surface area contributed by atoms with Crippen molar-refractivity contribution in [1.29, 1.82) is 0 Å². The monoisotopic (exact) mass is 468 g/mol. The lowest BCUT2D eigenvalue weighted by Crippen LogP contribution is -2.31. The molecular weight excluding hydrogens is 444 g/mol. The van der Waals surface area contributed by atoms with Gasteiger partial charge in [-0.1, -0.05) is 54.6 Å². The number of sulfone groups is 1. The molecule has 8 nitrogen and oxygen atoms in total. The van der Waals surface area contributed by atoms with E-state index in [2.05, 4.69) is 10.2 Å². The number of rotatable bonds is 6. The highest BCUT2D eigenvalue weighted by atomic mass is 32.2. The van der Waals surface area contributed by atoms with Gasteiger partial charge < -0.3 is 9.15 Å². The van der Waals surface area contributed by atoms with Gasteiger partial charge in [-0.2, -0.15) is 0 Å². The lowest BCUT2D eigenvalue weighted by molar-refractivity contribution is 0.165. The number of carbonyl (C=O) groups is 1. The number of benzene rings is 2. The van der Waals surface area contributed by atoms with Crippen molar-refractivity contribution >= 4 is 15.1 Å². The average Bonchev–Trinajstić information content (AvgIpc) is 3.47. The van der Waals surface area contributed by atoms with E-state index in [1.807, 2.05) is 18.2 Å². The van der Waals surface area contributed by atoms with Crippen LogP contribution >= 0.6 is 0 Å². The zero-order chi connectivity index (χ0) is 23.1. The summed E-state index contributed by atoms with van der Waals surface area (Å²) in [6.45, 7) is -0.0992. The van der Waals surface area contributed by atoms with E-state index in [1.165, 1.54) is 0 Å². The van der Waals surface area contributed by atoms with Gasteiger partial charge in [-0.25, -0.2) is 23.1 Å². The molecule has 0 radical (unpaired) electrons. The largest absolute Gasteiger partial charge is 0.449 e. The van der Waals surface area contributed by atoms with Gasteiger partial charge in [0.25, 0.3) is 9.84 Å². The van der Waals surface area contributed by atoms with E-state index < -0.39 is 26.1 Å². The molecule has 0 spiro atoms. The maximum Gasteiger partial charge on any atom is 0.434 e. The van der Waals surface area contributed by atoms with Crippen LogP contribution in [0.3, 0.4) is 0 Å². The highest BCUT2D eigenvalue weighted by Gasteiger charge is 2.52. The van der Waals surface area contributed by atoms with Crippen LogP contribution in [0.25, 0.3) is 0 Å². The van der Waals surface area contributed by atoms with Crippen molar-refractivity contribution in [3.63, 3.8) is 0 Å². The minimum atomic E-state index is -4.23. The Hall–Kier alpha value is -3.20. The molecule has 2 aliphatic rings. The fourth-order valence-electron chi connectivity index (χ4n) is 4.89. The van der Waals surface area contributed by atoms with Crippen LogP contribution in [-0.4, -0.2) is 23.9 Å². The number of ether oxygens (including phenoxy) is 1. The molecule has 9 heteroatoms. The zero-order valence-corrected chi connectivity index (χ0v) is 18.7. The van der Waals surface area contributed by atoms with Gasteiger partial charge in [0.1, 0.15) is 6.61 Å². The minimum Gasteiger partial charge on any atom is -0.449 e. The molecular formula is C24H24N2O6S. The van der Waals surface area contributed by atoms with Gasteiger partial charge in [0.15, 0.2) is 0 Å². The Balaban J connectivity index is 1.38. The first-order valence-corrected chi connectivity index (χ1v) is 12.5. The summed E-state index contributed by atoms with van der Waals surface area (Å²) in [5.41, 5.74) is 1.94. The highest BCUT2D eigenvalue weighted by molar-refractivity contribution is 8.05. The predicted molar refractivity (Wildman–Crippen MR) is 119 cm³/mol. The fraction of sp³-hybridized carbons (Fsp3) is 0.375. The van der Waals surface area contributed by atoms with Crippen LogP contribution in [0.15, 0.2) is 63.8 Å². The molecule has 172 valence electrons. The molecule has 0 bridgehead atoms. The number of aromatic nitrogens is 2. The minimum absolute atomic E-state index is 0.00824. The fourth-order valence-corrected chi connectivity index (χ4v) is 6.43. The van der Waals surface area contributed by atoms with E-state index in [1.54, 1.807) is 36.4 Å². The van der Waals surface area contributed by atoms with Crippen molar-refractivity contribution in [3.05, 3.63) is 87.7 Å². The van der Waals surface area contributed by atoms with Gasteiger partial charge in [0, 0.05) is 5.41 Å². The highest BCUT2D eigenvalue weighted by Crippen LogP contribution is 2.54. The molecule has 5 rings (SSSR count). The smallest absolute Gasteiger partial charge is 0.434 e. The van der Waals surface area contributed by atoms with Crippen LogP contribution in [0, 0.1) is 5.92 Å². The number of aromatic amines is 1. The second-order valence-corrected chi connectivity index (χ2v) is 11.0. The third-order valence-electron chi connectivity index (χ3n) is 6.69. The van der Waals surface area contributed by atoms with E-state index in [0.717, 1.165) is 24.0 Å². The molecule has 1 heterocycles. The van der Waals surface area contributed by atoms with E-state index in [-0.39, 0.29) is 17.9 Å². The Morgan fingerprint density at radius 3 is 2.55 bits per heavy atom. The van der Waals surface area contributed by atoms with Crippen molar-refractivity contribution in [2.24, 2.45) is 5.92 Å². The Morgan fingerprint density at radius 1 is 1.12 bits per heavy atom. The molecule has 3 aromatic rings. The lowest BCUT2D eigenvalue weighted by atomic mass is 9.78. The SMILES string of the molecule is O=C(OCc1ccccc1)S(=O)(=O)C1C[C@H](CC2(c3n[nH]c(=O)o3)CC2)Cc2ccccc21. The number of carbonyl (C=O) groups excluding carboxylic acids is 1. The maximum atomic E-state index is 13.3. The molecule has 1 unspecified atom stereocenters. The number of H-pyrrole nitrogens is 1. The van der Waals surface area contributed by atoms with Crippen LogP contribution in [0.4, 0.5) is 4.79 Å². The van der Waals surface area contributed by atoms with Crippen LogP contribution in [0.2, 0.25) is 0 Å². The topological polar surface area (TPSA) is 119 Å². The molecule has 1 fully saturated rings. The summed E-state index contributed by atoms with van der Waals surface area (Å²) in [4.78, 5) is 24.1. The van der Waals surface area contributed by atoms with Gasteiger partial charge >= 0.3 is 11.1 Å². The third-order valence-corrected chi connectivity index (χ3v) is 8.47. The first kappa shape index (κ1) is 21.6. The summed E-state index contributed by atoms with van der Waals surface area (Å²) >= 11 is 0. The Labute approximate surface area is 190 Å². The van der Waals surface area contributed by atoms with Crippen LogP contribution in [-0.2, 0) is 33.0 Å². The van der Waals surface area contributed by atoms with Gasteiger partial charge in [0.05, 0.1) is 5.25 Å². The van der Waals surface area contributed by atoms with Crippen molar-refractivity contribution < 1.29 is 22.4 Å². The normalized spacial score (nSPS) is 21.2. The third kappa shape index (κ3) is 4.25. The second kappa shape index (κ2) is 8.30. The maximum absolute atomic E-state index is 13.3. The second-order valence-electron chi connectivity index (χ2n) is 8.97. The van der Waals surface area contributed by atoms with Gasteiger partial charge in [0.2, 0.25) is 5.89 Å². The van der Waals surface area contributed by atoms with Gasteiger partial charge in [-0.05, 0) is 54.7 Å². The lowest BCUT2D eigenvalue weighted by Gasteiger charge is -2.32.